The summed E-state index contributed by atoms with van der Waals surface area (Å²) in [7, 11) is 2.91. The Bertz CT molecular complexity index is 713. The first kappa shape index (κ1) is 16.5. The van der Waals surface area contributed by atoms with E-state index in [9.17, 15) is 15.0 Å². The summed E-state index contributed by atoms with van der Waals surface area (Å²) < 4.78 is 15.8. The minimum Gasteiger partial charge on any atom is -0.496 e. The fourth-order valence-corrected chi connectivity index (χ4v) is 2.31. The molecule has 0 fully saturated rings. The molecule has 6 heteroatoms. The quantitative estimate of drug-likeness (QED) is 0.816. The van der Waals surface area contributed by atoms with Gasteiger partial charge in [-0.05, 0) is 26.0 Å². The average molecular weight is 308 g/mol. The Morgan fingerprint density at radius 2 is 1.91 bits per heavy atom. The van der Waals surface area contributed by atoms with Crippen molar-refractivity contribution in [3.05, 3.63) is 40.2 Å². The zero-order valence-corrected chi connectivity index (χ0v) is 13.0. The van der Waals surface area contributed by atoms with Gasteiger partial charge < -0.3 is 24.1 Å². The maximum atomic E-state index is 11.3. The lowest BCUT2D eigenvalue weighted by molar-refractivity contribution is -0.119. The summed E-state index contributed by atoms with van der Waals surface area (Å²) in [5.41, 5.74) is -0.882. The third-order valence-corrected chi connectivity index (χ3v) is 3.54. The maximum absolute atomic E-state index is 11.3. The van der Waals surface area contributed by atoms with Gasteiger partial charge in [-0.15, -0.1) is 0 Å². The number of methoxy groups -OCH3 is 2. The van der Waals surface area contributed by atoms with Crippen LogP contribution >= 0.6 is 0 Å². The van der Waals surface area contributed by atoms with Gasteiger partial charge in [-0.1, -0.05) is 0 Å². The van der Waals surface area contributed by atoms with Gasteiger partial charge in [0, 0.05) is 30.2 Å². The Hall–Kier alpha value is -1.89. The number of rotatable bonds is 5. The van der Waals surface area contributed by atoms with E-state index in [0.29, 0.717) is 22.3 Å². The molecule has 1 aromatic heterocycles. The first-order valence-electron chi connectivity index (χ1n) is 6.83. The van der Waals surface area contributed by atoms with E-state index in [1.165, 1.54) is 34.1 Å². The second kappa shape index (κ2) is 6.08. The van der Waals surface area contributed by atoms with E-state index in [0.717, 1.165) is 0 Å². The van der Waals surface area contributed by atoms with Crippen LogP contribution in [0.15, 0.2) is 33.5 Å². The van der Waals surface area contributed by atoms with Crippen LogP contribution in [0.1, 0.15) is 25.5 Å². The fourth-order valence-electron chi connectivity index (χ4n) is 2.31. The van der Waals surface area contributed by atoms with Crippen molar-refractivity contribution in [1.29, 1.82) is 0 Å². The minimum absolute atomic E-state index is 0.376. The molecule has 0 unspecified atom stereocenters. The molecule has 0 saturated heterocycles. The number of ether oxygens (including phenoxy) is 2. The zero-order chi connectivity index (χ0) is 16.5. The summed E-state index contributed by atoms with van der Waals surface area (Å²) in [4.78, 5) is 11.3. The zero-order valence-electron chi connectivity index (χ0n) is 13.0. The summed E-state index contributed by atoms with van der Waals surface area (Å²) >= 11 is 0. The van der Waals surface area contributed by atoms with Crippen molar-refractivity contribution in [2.45, 2.75) is 31.7 Å². The SMILES string of the molecule is COc1cc2oc(=O)ccc2cc1[C@H](OC)[C@H](O)C(C)(C)O. The van der Waals surface area contributed by atoms with Gasteiger partial charge in [0.15, 0.2) is 0 Å². The highest BCUT2D eigenvalue weighted by molar-refractivity contribution is 5.79. The number of hydrogen-bond donors (Lipinski definition) is 2. The lowest BCUT2D eigenvalue weighted by Gasteiger charge is -2.31. The number of benzene rings is 1. The number of aliphatic hydroxyl groups is 2. The molecule has 0 aliphatic heterocycles. The predicted octanol–water partition coefficient (Wildman–Crippen LogP) is 1.62. The standard InChI is InChI=1S/C16H20O6/c1-16(2,19)15(18)14(21-4)10-7-9-5-6-13(17)22-11(9)8-12(10)20-3/h5-8,14-15,18-19H,1-4H3/t14-,15-/m0/s1. The smallest absolute Gasteiger partial charge is 0.336 e. The van der Waals surface area contributed by atoms with Crippen molar-refractivity contribution in [3.8, 4) is 5.75 Å². The summed E-state index contributed by atoms with van der Waals surface area (Å²) in [6.45, 7) is 2.99. The molecule has 0 amide bonds. The highest BCUT2D eigenvalue weighted by Crippen LogP contribution is 2.36. The second-order valence-corrected chi connectivity index (χ2v) is 5.64. The van der Waals surface area contributed by atoms with Gasteiger partial charge in [0.25, 0.3) is 0 Å². The van der Waals surface area contributed by atoms with Crippen molar-refractivity contribution >= 4 is 11.0 Å². The van der Waals surface area contributed by atoms with Crippen molar-refractivity contribution < 1.29 is 24.1 Å². The normalized spacial score (nSPS) is 14.8. The molecule has 0 aliphatic carbocycles. The van der Waals surface area contributed by atoms with Gasteiger partial charge in [-0.25, -0.2) is 4.79 Å². The van der Waals surface area contributed by atoms with Crippen LogP contribution in [0.2, 0.25) is 0 Å². The molecule has 2 N–H and O–H groups in total. The van der Waals surface area contributed by atoms with E-state index in [1.54, 1.807) is 18.2 Å². The predicted molar refractivity (Wildman–Crippen MR) is 81.1 cm³/mol. The Balaban J connectivity index is 2.61. The molecule has 6 nitrogen and oxygen atoms in total. The number of hydrogen-bond acceptors (Lipinski definition) is 6. The van der Waals surface area contributed by atoms with Crippen LogP contribution in [-0.2, 0) is 4.74 Å². The van der Waals surface area contributed by atoms with Gasteiger partial charge >= 0.3 is 5.63 Å². The third-order valence-electron chi connectivity index (χ3n) is 3.54. The Morgan fingerprint density at radius 1 is 1.23 bits per heavy atom. The lowest BCUT2D eigenvalue weighted by Crippen LogP contribution is -2.41. The molecule has 1 aromatic carbocycles. The van der Waals surface area contributed by atoms with Crippen molar-refractivity contribution in [1.82, 2.24) is 0 Å². The molecule has 0 bridgehead atoms. The van der Waals surface area contributed by atoms with Crippen LogP contribution in [0.4, 0.5) is 0 Å². The van der Waals surface area contributed by atoms with Gasteiger partial charge in [-0.2, -0.15) is 0 Å². The molecule has 2 aromatic rings. The molecule has 2 atom stereocenters. The molecule has 0 saturated carbocycles. The van der Waals surface area contributed by atoms with E-state index in [2.05, 4.69) is 0 Å². The fraction of sp³-hybridized carbons (Fsp3) is 0.438. The lowest BCUT2D eigenvalue weighted by atomic mass is 9.91. The van der Waals surface area contributed by atoms with Crippen LogP contribution in [0, 0.1) is 0 Å². The molecule has 0 spiro atoms. The highest BCUT2D eigenvalue weighted by Gasteiger charge is 2.35. The van der Waals surface area contributed by atoms with Crippen LogP contribution in [0.3, 0.4) is 0 Å². The van der Waals surface area contributed by atoms with Gasteiger partial charge in [0.05, 0.1) is 12.7 Å². The minimum atomic E-state index is -1.36. The molecule has 0 radical (unpaired) electrons. The molecular weight excluding hydrogens is 288 g/mol. The van der Waals surface area contributed by atoms with Crippen molar-refractivity contribution in [2.75, 3.05) is 14.2 Å². The summed E-state index contributed by atoms with van der Waals surface area (Å²) in [6.07, 6.45) is -1.97. The molecule has 120 valence electrons. The molecular formula is C16H20O6. The van der Waals surface area contributed by atoms with Crippen LogP contribution < -0.4 is 10.4 Å². The van der Waals surface area contributed by atoms with Gasteiger partial charge in [0.2, 0.25) is 0 Å². The van der Waals surface area contributed by atoms with E-state index in [-0.39, 0.29) is 0 Å². The Kier molecular flexibility index (Phi) is 4.55. The molecule has 0 aliphatic rings. The van der Waals surface area contributed by atoms with Crippen LogP contribution in [-0.4, -0.2) is 36.1 Å². The monoisotopic (exact) mass is 308 g/mol. The molecule has 22 heavy (non-hydrogen) atoms. The Labute approximate surface area is 127 Å². The van der Waals surface area contributed by atoms with E-state index in [1.807, 2.05) is 0 Å². The van der Waals surface area contributed by atoms with E-state index >= 15 is 0 Å². The summed E-state index contributed by atoms with van der Waals surface area (Å²) in [5, 5.41) is 21.0. The van der Waals surface area contributed by atoms with Crippen molar-refractivity contribution in [3.63, 3.8) is 0 Å². The summed E-state index contributed by atoms with van der Waals surface area (Å²) in [6, 6.07) is 6.20. The van der Waals surface area contributed by atoms with Gasteiger partial charge in [-0.3, -0.25) is 0 Å². The Morgan fingerprint density at radius 3 is 2.45 bits per heavy atom. The van der Waals surface area contributed by atoms with Crippen LogP contribution in [0.5, 0.6) is 5.75 Å². The topological polar surface area (TPSA) is 89.1 Å². The first-order valence-corrected chi connectivity index (χ1v) is 6.83. The number of fused-ring (bicyclic) bond motifs is 1. The van der Waals surface area contributed by atoms with E-state index in [4.69, 9.17) is 13.9 Å². The molecule has 1 heterocycles. The van der Waals surface area contributed by atoms with Crippen LogP contribution in [0.25, 0.3) is 11.0 Å². The highest BCUT2D eigenvalue weighted by atomic mass is 16.5. The molecule has 2 rings (SSSR count). The second-order valence-electron chi connectivity index (χ2n) is 5.64. The van der Waals surface area contributed by atoms with E-state index < -0.39 is 23.4 Å². The largest absolute Gasteiger partial charge is 0.496 e. The van der Waals surface area contributed by atoms with Crippen molar-refractivity contribution in [2.24, 2.45) is 0 Å². The average Bonchev–Trinajstić information content (AvgIpc) is 2.46. The summed E-state index contributed by atoms with van der Waals surface area (Å²) in [5.74, 6) is 0.400. The first-order chi connectivity index (χ1) is 10.3. The van der Waals surface area contributed by atoms with Gasteiger partial charge in [0.1, 0.15) is 23.5 Å². The number of aliphatic hydroxyl groups excluding tert-OH is 1. The maximum Gasteiger partial charge on any atom is 0.336 e. The third kappa shape index (κ3) is 3.14.